The highest BCUT2D eigenvalue weighted by atomic mass is 16.5. The Bertz CT molecular complexity index is 653. The van der Waals surface area contributed by atoms with Crippen LogP contribution in [-0.4, -0.2) is 26.0 Å². The maximum absolute atomic E-state index is 5.81. The molecule has 0 unspecified atom stereocenters. The van der Waals surface area contributed by atoms with E-state index in [0.717, 1.165) is 41.6 Å². The first-order valence-electron chi connectivity index (χ1n) is 6.99. The zero-order valence-electron chi connectivity index (χ0n) is 12.0. The lowest BCUT2D eigenvalue weighted by atomic mass is 10.1. The molecule has 1 aliphatic heterocycles. The van der Waals surface area contributed by atoms with Gasteiger partial charge in [-0.25, -0.2) is 0 Å². The van der Waals surface area contributed by atoms with Crippen molar-refractivity contribution in [2.24, 2.45) is 4.99 Å². The topological polar surface area (TPSA) is 42.9 Å². The molecule has 4 nitrogen and oxygen atoms in total. The highest BCUT2D eigenvalue weighted by Crippen LogP contribution is 2.20. The zero-order valence-corrected chi connectivity index (χ0v) is 12.0. The Hall–Kier alpha value is -2.49. The number of rotatable bonds is 5. The second kappa shape index (κ2) is 6.31. The Labute approximate surface area is 124 Å². The quantitative estimate of drug-likeness (QED) is 0.916. The van der Waals surface area contributed by atoms with Gasteiger partial charge in [0, 0.05) is 18.2 Å². The van der Waals surface area contributed by atoms with Crippen molar-refractivity contribution in [3.63, 3.8) is 0 Å². The summed E-state index contributed by atoms with van der Waals surface area (Å²) < 4.78 is 11.0. The van der Waals surface area contributed by atoms with Crippen molar-refractivity contribution in [3.05, 3.63) is 59.7 Å². The molecule has 0 spiro atoms. The molecule has 108 valence electrons. The van der Waals surface area contributed by atoms with Crippen LogP contribution in [0.2, 0.25) is 0 Å². The predicted octanol–water partition coefficient (Wildman–Crippen LogP) is 2.62. The minimum atomic E-state index is 0.522. The minimum Gasteiger partial charge on any atom is -0.497 e. The van der Waals surface area contributed by atoms with Gasteiger partial charge >= 0.3 is 0 Å². The molecule has 0 saturated carbocycles. The number of methoxy groups -OCH3 is 1. The molecular formula is C17H18N2O2. The molecule has 4 heteroatoms. The Balaban J connectivity index is 1.68. The number of hydrogen-bond acceptors (Lipinski definition) is 4. The molecule has 1 heterocycles. The fraction of sp³-hybridized carbons (Fsp3) is 0.235. The van der Waals surface area contributed by atoms with Gasteiger partial charge in [0.05, 0.1) is 13.7 Å². The number of amidine groups is 1. The normalized spacial score (nSPS) is 13.5. The van der Waals surface area contributed by atoms with Crippen LogP contribution in [-0.2, 0) is 6.61 Å². The van der Waals surface area contributed by atoms with Crippen molar-refractivity contribution in [3.8, 4) is 11.5 Å². The largest absolute Gasteiger partial charge is 0.497 e. The summed E-state index contributed by atoms with van der Waals surface area (Å²) in [6.45, 7) is 2.29. The van der Waals surface area contributed by atoms with Crippen LogP contribution in [0, 0.1) is 0 Å². The second-order valence-electron chi connectivity index (χ2n) is 4.83. The molecule has 0 radical (unpaired) electrons. The number of hydrogen-bond donors (Lipinski definition) is 1. The van der Waals surface area contributed by atoms with Crippen LogP contribution in [0.15, 0.2) is 53.5 Å². The van der Waals surface area contributed by atoms with E-state index in [4.69, 9.17) is 9.47 Å². The molecule has 0 aromatic heterocycles. The van der Waals surface area contributed by atoms with E-state index in [2.05, 4.69) is 28.5 Å². The van der Waals surface area contributed by atoms with E-state index in [1.54, 1.807) is 7.11 Å². The Morgan fingerprint density at radius 2 is 1.95 bits per heavy atom. The van der Waals surface area contributed by atoms with Gasteiger partial charge in [-0.15, -0.1) is 0 Å². The van der Waals surface area contributed by atoms with Gasteiger partial charge in [-0.05, 0) is 23.8 Å². The molecule has 21 heavy (non-hydrogen) atoms. The first-order chi connectivity index (χ1) is 10.3. The van der Waals surface area contributed by atoms with Gasteiger partial charge in [-0.1, -0.05) is 24.3 Å². The van der Waals surface area contributed by atoms with Crippen molar-refractivity contribution < 1.29 is 9.47 Å². The average Bonchev–Trinajstić information content (AvgIpc) is 3.08. The first-order valence-corrected chi connectivity index (χ1v) is 6.99. The van der Waals surface area contributed by atoms with Crippen molar-refractivity contribution in [2.45, 2.75) is 6.61 Å². The Morgan fingerprint density at radius 1 is 1.10 bits per heavy atom. The molecule has 0 atom stereocenters. The summed E-state index contributed by atoms with van der Waals surface area (Å²) in [4.78, 5) is 4.44. The monoisotopic (exact) mass is 282 g/mol. The molecule has 1 aliphatic rings. The molecule has 0 fully saturated rings. The number of nitrogens with one attached hydrogen (secondary N) is 1. The van der Waals surface area contributed by atoms with Crippen molar-refractivity contribution >= 4 is 5.84 Å². The molecule has 1 N–H and O–H groups in total. The van der Waals surface area contributed by atoms with E-state index in [-0.39, 0.29) is 0 Å². The zero-order chi connectivity index (χ0) is 14.5. The van der Waals surface area contributed by atoms with Gasteiger partial charge in [0.1, 0.15) is 23.9 Å². The summed E-state index contributed by atoms with van der Waals surface area (Å²) >= 11 is 0. The van der Waals surface area contributed by atoms with Crippen LogP contribution in [0.3, 0.4) is 0 Å². The van der Waals surface area contributed by atoms with E-state index in [0.29, 0.717) is 6.61 Å². The molecule has 0 amide bonds. The van der Waals surface area contributed by atoms with Crippen LogP contribution < -0.4 is 14.8 Å². The van der Waals surface area contributed by atoms with Crippen LogP contribution in [0.1, 0.15) is 11.1 Å². The number of ether oxygens (including phenoxy) is 2. The Morgan fingerprint density at radius 3 is 2.76 bits per heavy atom. The highest BCUT2D eigenvalue weighted by Gasteiger charge is 2.08. The SMILES string of the molecule is COc1cccc(OCc2cccc(C3=NCCN3)c2)c1. The molecular weight excluding hydrogens is 264 g/mol. The molecule has 0 bridgehead atoms. The highest BCUT2D eigenvalue weighted by molar-refractivity contribution is 5.99. The van der Waals surface area contributed by atoms with Gasteiger partial charge in [0.25, 0.3) is 0 Å². The Kier molecular flexibility index (Phi) is 4.05. The first kappa shape index (κ1) is 13.5. The standard InChI is InChI=1S/C17H18N2O2/c1-20-15-6-3-7-16(11-15)21-12-13-4-2-5-14(10-13)17-18-8-9-19-17/h2-7,10-11H,8-9,12H2,1H3,(H,18,19). The second-order valence-corrected chi connectivity index (χ2v) is 4.83. The van der Waals surface area contributed by atoms with E-state index in [9.17, 15) is 0 Å². The van der Waals surface area contributed by atoms with E-state index >= 15 is 0 Å². The van der Waals surface area contributed by atoms with Crippen LogP contribution in [0.25, 0.3) is 0 Å². The van der Waals surface area contributed by atoms with Crippen molar-refractivity contribution in [1.29, 1.82) is 0 Å². The third-order valence-electron chi connectivity index (χ3n) is 3.32. The van der Waals surface area contributed by atoms with Gasteiger partial charge in [-0.3, -0.25) is 4.99 Å². The van der Waals surface area contributed by atoms with Crippen LogP contribution >= 0.6 is 0 Å². The summed E-state index contributed by atoms with van der Waals surface area (Å²) in [6, 6.07) is 15.9. The number of aliphatic imine (C=N–C) groups is 1. The summed E-state index contributed by atoms with van der Waals surface area (Å²) in [5, 5.41) is 3.28. The fourth-order valence-electron chi connectivity index (χ4n) is 2.26. The van der Waals surface area contributed by atoms with Crippen LogP contribution in [0.4, 0.5) is 0 Å². The predicted molar refractivity (Wildman–Crippen MR) is 83.2 cm³/mol. The summed E-state index contributed by atoms with van der Waals surface area (Å²) in [5.74, 6) is 2.57. The fourth-order valence-corrected chi connectivity index (χ4v) is 2.26. The lowest BCUT2D eigenvalue weighted by Crippen LogP contribution is -2.19. The smallest absolute Gasteiger partial charge is 0.128 e. The van der Waals surface area contributed by atoms with Gasteiger partial charge in [0.2, 0.25) is 0 Å². The van der Waals surface area contributed by atoms with Gasteiger partial charge in [-0.2, -0.15) is 0 Å². The average molecular weight is 282 g/mol. The summed E-state index contributed by atoms with van der Waals surface area (Å²) in [5.41, 5.74) is 2.23. The van der Waals surface area contributed by atoms with Crippen molar-refractivity contribution in [1.82, 2.24) is 5.32 Å². The van der Waals surface area contributed by atoms with E-state index in [1.165, 1.54) is 0 Å². The van der Waals surface area contributed by atoms with Gasteiger partial charge < -0.3 is 14.8 Å². The van der Waals surface area contributed by atoms with E-state index < -0.39 is 0 Å². The lowest BCUT2D eigenvalue weighted by Gasteiger charge is -2.09. The third kappa shape index (κ3) is 3.34. The number of nitrogens with zero attached hydrogens (tertiary/aromatic N) is 1. The third-order valence-corrected chi connectivity index (χ3v) is 3.32. The molecule has 0 aliphatic carbocycles. The lowest BCUT2D eigenvalue weighted by molar-refractivity contribution is 0.303. The molecule has 3 rings (SSSR count). The van der Waals surface area contributed by atoms with Gasteiger partial charge in [0.15, 0.2) is 0 Å². The van der Waals surface area contributed by atoms with Crippen molar-refractivity contribution in [2.75, 3.05) is 20.2 Å². The maximum atomic E-state index is 5.81. The van der Waals surface area contributed by atoms with E-state index in [1.807, 2.05) is 30.3 Å². The summed E-state index contributed by atoms with van der Waals surface area (Å²) in [6.07, 6.45) is 0. The molecule has 2 aromatic carbocycles. The number of benzene rings is 2. The molecule has 2 aromatic rings. The van der Waals surface area contributed by atoms with Crippen LogP contribution in [0.5, 0.6) is 11.5 Å². The molecule has 0 saturated heterocycles. The summed E-state index contributed by atoms with van der Waals surface area (Å²) in [7, 11) is 1.65. The minimum absolute atomic E-state index is 0.522. The maximum Gasteiger partial charge on any atom is 0.128 e.